The molecule has 3 aliphatic carbocycles. The number of benzene rings is 2. The van der Waals surface area contributed by atoms with Crippen molar-refractivity contribution in [1.29, 1.82) is 0 Å². The number of rotatable bonds is 12. The summed E-state index contributed by atoms with van der Waals surface area (Å²) in [5.41, 5.74) is -3.63. The van der Waals surface area contributed by atoms with E-state index >= 15 is 8.78 Å². The highest BCUT2D eigenvalue weighted by Gasteiger charge is 2.65. The molecule has 107 heavy (non-hydrogen) atoms. The molecule has 0 bridgehead atoms. The summed E-state index contributed by atoms with van der Waals surface area (Å²) >= 11 is 0. The lowest BCUT2D eigenvalue weighted by atomic mass is 9.84. The number of amides is 3. The van der Waals surface area contributed by atoms with E-state index in [9.17, 15) is 51.9 Å². The van der Waals surface area contributed by atoms with Crippen LogP contribution in [0.1, 0.15) is 238 Å². The molecule has 3 amide bonds. The highest BCUT2D eigenvalue weighted by Crippen LogP contribution is 2.61. The van der Waals surface area contributed by atoms with Gasteiger partial charge in [-0.2, -0.15) is 0 Å². The Morgan fingerprint density at radius 1 is 0.617 bits per heavy atom. The van der Waals surface area contributed by atoms with Crippen molar-refractivity contribution in [3.8, 4) is 23.0 Å². The number of sulfonamides is 1. The number of Topliss-reactive ketones (excluding diaryl/α,β-unsaturated/α-hetero) is 2. The maximum absolute atomic E-state index is 16.9. The van der Waals surface area contributed by atoms with Crippen LogP contribution in [0.5, 0.6) is 23.0 Å². The predicted molar refractivity (Wildman–Crippen MR) is 394 cm³/mol. The lowest BCUT2D eigenvalue weighted by Crippen LogP contribution is -2.48. The van der Waals surface area contributed by atoms with Gasteiger partial charge in [0.15, 0.2) is 11.6 Å². The maximum atomic E-state index is 16.9. The van der Waals surface area contributed by atoms with Gasteiger partial charge in [-0.3, -0.25) is 43.1 Å². The highest BCUT2D eigenvalue weighted by molar-refractivity contribution is 7.91. The van der Waals surface area contributed by atoms with Crippen LogP contribution in [0.2, 0.25) is 0 Å². The van der Waals surface area contributed by atoms with Crippen molar-refractivity contribution in [2.75, 3.05) is 27.3 Å². The smallest absolute Gasteiger partial charge is 0.310 e. The molecule has 2 saturated heterocycles. The van der Waals surface area contributed by atoms with Crippen molar-refractivity contribution >= 4 is 79.0 Å². The summed E-state index contributed by atoms with van der Waals surface area (Å²) < 4.78 is 97.2. The molecule has 2 N–H and O–H groups in total. The van der Waals surface area contributed by atoms with Gasteiger partial charge in [-0.05, 0) is 174 Å². The Bertz CT molecular complexity index is 4370. The zero-order valence-electron chi connectivity index (χ0n) is 63.7. The molecule has 2 aromatic heterocycles. The number of halogens is 2. The lowest BCUT2D eigenvalue weighted by Gasteiger charge is -2.38. The fourth-order valence-electron chi connectivity index (χ4n) is 17.3. The number of aromatic nitrogens is 2. The molecule has 8 heterocycles. The van der Waals surface area contributed by atoms with Crippen LogP contribution >= 0.6 is 0 Å². The Labute approximate surface area is 625 Å². The molecule has 9 aliphatic rings. The van der Waals surface area contributed by atoms with E-state index in [1.807, 2.05) is 38.2 Å². The van der Waals surface area contributed by atoms with Gasteiger partial charge in [0.25, 0.3) is 0 Å². The third-order valence-corrected chi connectivity index (χ3v) is 25.7. The van der Waals surface area contributed by atoms with Gasteiger partial charge >= 0.3 is 17.9 Å². The first-order valence-electron chi connectivity index (χ1n) is 38.4. The molecule has 3 saturated carbocycles. The SMILES string of the molecule is CCc1nc2ccc(OC)cc2c2c1O[C@]1(C[C@H]2F)C[C@H]2C(=O)C[C@]3(C(=O)NS(=O)(=O)C4(C)CC4)C[C@H]3/C=C\CCCCC[C@H](CC(=O)OC(C)(C)C)C(=O)N2C1.CCc1nc2ccc(OC)cc2c2c1O[C@]1(C[C@H]2F)C[C@H]2C(=O)C[C@]3(C(=O)O)C[C@H]3/C=C\CCCCC[C@H](CC(=O)OC(C)(C)C)C(=O)N2C1. The Morgan fingerprint density at radius 3 is 1.44 bits per heavy atom. The van der Waals surface area contributed by atoms with Crippen LogP contribution in [0.15, 0.2) is 60.7 Å². The second-order valence-electron chi connectivity index (χ2n) is 33.9. The summed E-state index contributed by atoms with van der Waals surface area (Å²) in [6, 6.07) is 8.42. The Balaban J connectivity index is 0.000000202. The first-order valence-corrected chi connectivity index (χ1v) is 39.9. The van der Waals surface area contributed by atoms with Gasteiger partial charge in [-0.15, -0.1) is 0 Å². The second-order valence-corrected chi connectivity index (χ2v) is 36.1. The number of aliphatic carboxylic acids is 1. The highest BCUT2D eigenvalue weighted by atomic mass is 32.2. The summed E-state index contributed by atoms with van der Waals surface area (Å²) in [5.74, 6) is -4.98. The summed E-state index contributed by atoms with van der Waals surface area (Å²) in [6.45, 7) is 15.8. The molecule has 5 fully saturated rings. The molecule has 6 aliphatic heterocycles. The van der Waals surface area contributed by atoms with E-state index < -0.39 is 126 Å². The van der Waals surface area contributed by atoms with E-state index in [0.29, 0.717) is 126 Å². The number of hydrogen-bond acceptors (Lipinski definition) is 18. The first-order chi connectivity index (χ1) is 50.5. The van der Waals surface area contributed by atoms with Crippen LogP contribution < -0.4 is 23.7 Å². The van der Waals surface area contributed by atoms with Crippen LogP contribution in [0.4, 0.5) is 8.78 Å². The lowest BCUT2D eigenvalue weighted by molar-refractivity contribution is -0.159. The van der Waals surface area contributed by atoms with Gasteiger partial charge in [0.1, 0.15) is 57.7 Å². The van der Waals surface area contributed by atoms with Gasteiger partial charge in [0.2, 0.25) is 27.7 Å². The molecule has 580 valence electrons. The third kappa shape index (κ3) is 16.3. The number of alkyl halides is 2. The summed E-state index contributed by atoms with van der Waals surface area (Å²) in [7, 11) is -0.920. The molecular formula is C82H105F2N5O17S. The molecule has 0 radical (unpaired) electrons. The minimum atomic E-state index is -3.99. The molecule has 25 heteroatoms. The Hall–Kier alpha value is -8.09. The second kappa shape index (κ2) is 30.1. The zero-order chi connectivity index (χ0) is 77.1. The number of hydrogen-bond donors (Lipinski definition) is 2. The number of allylic oxidation sites excluding steroid dienone is 4. The number of pyridine rings is 2. The van der Waals surface area contributed by atoms with Crippen LogP contribution in [-0.2, 0) is 70.7 Å². The number of esters is 2. The average Bonchev–Trinajstić information content (AvgIpc) is 1.52. The van der Waals surface area contributed by atoms with E-state index in [1.54, 1.807) is 84.9 Å². The van der Waals surface area contributed by atoms with Crippen LogP contribution in [0, 0.1) is 34.5 Å². The number of ether oxygens (including phenoxy) is 6. The van der Waals surface area contributed by atoms with E-state index in [1.165, 1.54) is 24.0 Å². The zero-order valence-corrected chi connectivity index (χ0v) is 64.5. The number of nitrogens with zero attached hydrogens (tertiary/aromatic N) is 4. The van der Waals surface area contributed by atoms with Crippen molar-refractivity contribution in [3.05, 3.63) is 83.2 Å². The quantitative estimate of drug-likeness (QED) is 0.0984. The molecule has 13 rings (SSSR count). The molecule has 0 unspecified atom stereocenters. The minimum Gasteiger partial charge on any atom is -0.497 e. The summed E-state index contributed by atoms with van der Waals surface area (Å²) in [6.07, 6.45) is 12.8. The van der Waals surface area contributed by atoms with Gasteiger partial charge < -0.3 is 43.3 Å². The summed E-state index contributed by atoms with van der Waals surface area (Å²) in [5, 5.41) is 11.4. The van der Waals surface area contributed by atoms with E-state index in [-0.39, 0.29) is 94.2 Å². The third-order valence-electron chi connectivity index (χ3n) is 23.6. The van der Waals surface area contributed by atoms with Crippen LogP contribution in [0.25, 0.3) is 21.8 Å². The topological polar surface area (TPSA) is 291 Å². The number of fused-ring (bicyclic) bond motifs is 10. The number of carbonyl (C=O) groups is 8. The monoisotopic (exact) mass is 1500 g/mol. The largest absolute Gasteiger partial charge is 0.497 e. The van der Waals surface area contributed by atoms with Crippen molar-refractivity contribution in [2.24, 2.45) is 34.5 Å². The summed E-state index contributed by atoms with van der Waals surface area (Å²) in [4.78, 5) is 124. The number of aryl methyl sites for hydroxylation is 2. The maximum Gasteiger partial charge on any atom is 0.310 e. The average molecular weight is 1500 g/mol. The number of carboxylic acids is 1. The van der Waals surface area contributed by atoms with E-state index in [0.717, 1.165) is 32.1 Å². The molecule has 2 spiro atoms. The van der Waals surface area contributed by atoms with Crippen LogP contribution in [-0.4, -0.2) is 147 Å². The number of carbonyl (C=O) groups excluding carboxylic acids is 7. The fraction of sp³-hybridized carbons (Fsp3) is 0.634. The number of methoxy groups -OCH3 is 2. The molecular weight excluding hydrogens is 1400 g/mol. The van der Waals surface area contributed by atoms with E-state index in [2.05, 4.69) is 4.72 Å². The standard InChI is InChI=1S/C43H56FN3O9S.C39H49FN2O8/c1-7-31-37-36(29-20-28(54-6)15-16-32(29)45-31)30(44)22-42(56-37)23-33-34(48)24-43(39(51)46-57(52,53)41(5)17-18-41)21-27(43)14-12-10-8-9-11-13-26(38(50)47(33)25-42)19-35(49)55-40(2,3)4;1-6-28-34-33(26-17-25(48-5)14-15-29(26)41-28)27(40)19-38(50-34)20-30-31(43)21-39(36(46)47)18-24(39)13-11-9-7-8-10-12-23(35(45)42(30)22-38)16-32(44)49-37(2,3)4/h12,14-16,20,26-27,30,33H,7-11,13,17-19,21-25H2,1-6H3,(H,46,51);11,13-15,17,23-24,27,30H,6-10,12,16,18-22H2,1-5H3,(H,46,47)/b14-12-;13-11-/t26-,27-,30-,33+,42-,43-;23-,24-,27-,30+,38-,39-/m11/s1. The molecule has 12 atom stereocenters. The van der Waals surface area contributed by atoms with Crippen molar-refractivity contribution in [3.63, 3.8) is 0 Å². The predicted octanol–water partition coefficient (Wildman–Crippen LogP) is 13.6. The van der Waals surface area contributed by atoms with Gasteiger partial charge in [-0.25, -0.2) is 27.2 Å². The van der Waals surface area contributed by atoms with Crippen molar-refractivity contribution in [2.45, 2.75) is 268 Å². The number of ketones is 2. The van der Waals surface area contributed by atoms with Gasteiger partial charge in [0, 0.05) is 72.3 Å². The van der Waals surface area contributed by atoms with E-state index in [4.69, 9.17) is 38.4 Å². The van der Waals surface area contributed by atoms with Crippen LogP contribution in [0.3, 0.4) is 0 Å². The van der Waals surface area contributed by atoms with Gasteiger partial charge in [0.05, 0.1) is 90.2 Å². The Morgan fingerprint density at radius 2 is 1.04 bits per heavy atom. The van der Waals surface area contributed by atoms with Gasteiger partial charge in [-0.1, -0.05) is 63.8 Å². The van der Waals surface area contributed by atoms with Crippen molar-refractivity contribution < 1.29 is 89.1 Å². The normalized spacial score (nSPS) is 30.6. The molecule has 4 aromatic rings. The number of carboxylic acid groups (broad SMARTS) is 1. The number of nitrogens with one attached hydrogen (secondary N) is 1. The minimum absolute atomic E-state index is 0.00605. The first kappa shape index (κ1) is 78.5. The van der Waals surface area contributed by atoms with Crippen molar-refractivity contribution in [1.82, 2.24) is 24.5 Å². The fourth-order valence-corrected chi connectivity index (χ4v) is 18.6. The molecule has 22 nitrogen and oxygen atoms in total. The molecule has 2 aromatic carbocycles. The Kier molecular flexibility index (Phi) is 22.0.